The van der Waals surface area contributed by atoms with Gasteiger partial charge in [0.05, 0.1) is 6.42 Å². The Morgan fingerprint density at radius 3 is 2.46 bits per heavy atom. The Balaban J connectivity index is 1.66. The monoisotopic (exact) mass is 353 g/mol. The van der Waals surface area contributed by atoms with Crippen LogP contribution in [0.2, 0.25) is 0 Å². The van der Waals surface area contributed by atoms with Gasteiger partial charge in [0, 0.05) is 26.2 Å². The lowest BCUT2D eigenvalue weighted by Crippen LogP contribution is -2.55. The molecule has 5 heteroatoms. The fourth-order valence-corrected chi connectivity index (χ4v) is 3.35. The van der Waals surface area contributed by atoms with Crippen molar-refractivity contribution in [3.8, 4) is 0 Å². The Morgan fingerprint density at radius 1 is 1.08 bits per heavy atom. The number of hydrogen-bond acceptors (Lipinski definition) is 3. The standard InChI is InChI=1S/C21H27N3O2/c1-15(2)20(21(26)24-11-9-22-10-12-24)23-19(25)14-16-7-8-17-5-3-4-6-18(17)13-16/h3-8,13,15,20,22H,9-12,14H2,1-2H3,(H,23,25). The summed E-state index contributed by atoms with van der Waals surface area (Å²) in [4.78, 5) is 27.2. The number of piperazine rings is 1. The molecule has 1 aliphatic rings. The lowest BCUT2D eigenvalue weighted by molar-refractivity contribution is -0.138. The van der Waals surface area contributed by atoms with Gasteiger partial charge in [0.15, 0.2) is 0 Å². The molecular formula is C21H27N3O2. The first-order valence-corrected chi connectivity index (χ1v) is 9.31. The fourth-order valence-electron chi connectivity index (χ4n) is 3.35. The van der Waals surface area contributed by atoms with E-state index >= 15 is 0 Å². The maximum atomic E-state index is 12.8. The van der Waals surface area contributed by atoms with Gasteiger partial charge in [-0.15, -0.1) is 0 Å². The topological polar surface area (TPSA) is 61.4 Å². The number of nitrogens with one attached hydrogen (secondary N) is 2. The molecule has 1 atom stereocenters. The van der Waals surface area contributed by atoms with Crippen molar-refractivity contribution in [2.24, 2.45) is 5.92 Å². The molecule has 2 amide bonds. The summed E-state index contributed by atoms with van der Waals surface area (Å²) in [7, 11) is 0. The van der Waals surface area contributed by atoms with Crippen LogP contribution >= 0.6 is 0 Å². The van der Waals surface area contributed by atoms with Crippen LogP contribution in [0.15, 0.2) is 42.5 Å². The van der Waals surface area contributed by atoms with Gasteiger partial charge in [0.1, 0.15) is 6.04 Å². The van der Waals surface area contributed by atoms with E-state index in [1.165, 1.54) is 0 Å². The van der Waals surface area contributed by atoms with Crippen LogP contribution in [0.4, 0.5) is 0 Å². The third-order valence-electron chi connectivity index (χ3n) is 4.86. The average molecular weight is 353 g/mol. The molecule has 3 rings (SSSR count). The molecule has 26 heavy (non-hydrogen) atoms. The van der Waals surface area contributed by atoms with E-state index in [1.54, 1.807) is 0 Å². The van der Waals surface area contributed by atoms with Gasteiger partial charge in [0.25, 0.3) is 0 Å². The highest BCUT2D eigenvalue weighted by Gasteiger charge is 2.29. The molecule has 2 aromatic carbocycles. The molecule has 1 aliphatic heterocycles. The predicted octanol–water partition coefficient (Wildman–Crippen LogP) is 1.95. The van der Waals surface area contributed by atoms with Crippen LogP contribution in [0.1, 0.15) is 19.4 Å². The lowest BCUT2D eigenvalue weighted by atomic mass is 10.0. The molecule has 1 unspecified atom stereocenters. The Kier molecular flexibility index (Phi) is 5.89. The zero-order valence-electron chi connectivity index (χ0n) is 15.5. The SMILES string of the molecule is CC(C)C(NC(=O)Cc1ccc2ccccc2c1)C(=O)N1CCNCC1. The number of benzene rings is 2. The Hall–Kier alpha value is -2.40. The van der Waals surface area contributed by atoms with Crippen LogP contribution in [0, 0.1) is 5.92 Å². The van der Waals surface area contributed by atoms with Gasteiger partial charge in [-0.2, -0.15) is 0 Å². The Morgan fingerprint density at radius 2 is 1.77 bits per heavy atom. The van der Waals surface area contributed by atoms with Crippen molar-refractivity contribution < 1.29 is 9.59 Å². The van der Waals surface area contributed by atoms with E-state index in [0.717, 1.165) is 29.4 Å². The van der Waals surface area contributed by atoms with Crippen molar-refractivity contribution in [1.29, 1.82) is 0 Å². The summed E-state index contributed by atoms with van der Waals surface area (Å²) >= 11 is 0. The highest BCUT2D eigenvalue weighted by atomic mass is 16.2. The van der Waals surface area contributed by atoms with E-state index in [1.807, 2.05) is 55.1 Å². The number of nitrogens with zero attached hydrogens (tertiary/aromatic N) is 1. The van der Waals surface area contributed by atoms with E-state index in [0.29, 0.717) is 13.1 Å². The third-order valence-corrected chi connectivity index (χ3v) is 4.86. The number of carbonyl (C=O) groups is 2. The average Bonchev–Trinajstić information content (AvgIpc) is 2.66. The molecule has 5 nitrogen and oxygen atoms in total. The summed E-state index contributed by atoms with van der Waals surface area (Å²) in [5.41, 5.74) is 0.957. The number of rotatable bonds is 5. The van der Waals surface area contributed by atoms with E-state index in [9.17, 15) is 9.59 Å². The van der Waals surface area contributed by atoms with Gasteiger partial charge in [-0.3, -0.25) is 9.59 Å². The Labute approximate surface area is 154 Å². The molecule has 0 radical (unpaired) electrons. The summed E-state index contributed by atoms with van der Waals surface area (Å²) in [5, 5.41) is 8.48. The summed E-state index contributed by atoms with van der Waals surface area (Å²) in [6.45, 7) is 6.95. The largest absolute Gasteiger partial charge is 0.344 e. The van der Waals surface area contributed by atoms with Crippen LogP contribution in [0.25, 0.3) is 10.8 Å². The van der Waals surface area contributed by atoms with Crippen molar-refractivity contribution in [3.63, 3.8) is 0 Å². The normalized spacial score (nSPS) is 15.9. The molecule has 2 N–H and O–H groups in total. The van der Waals surface area contributed by atoms with Gasteiger partial charge >= 0.3 is 0 Å². The predicted molar refractivity (Wildman–Crippen MR) is 104 cm³/mol. The minimum absolute atomic E-state index is 0.0216. The fraction of sp³-hybridized carbons (Fsp3) is 0.429. The minimum atomic E-state index is -0.471. The second kappa shape index (κ2) is 8.32. The van der Waals surface area contributed by atoms with E-state index < -0.39 is 6.04 Å². The van der Waals surface area contributed by atoms with Crippen LogP contribution in [-0.2, 0) is 16.0 Å². The van der Waals surface area contributed by atoms with Gasteiger partial charge in [-0.1, -0.05) is 56.3 Å². The van der Waals surface area contributed by atoms with Gasteiger partial charge in [-0.25, -0.2) is 0 Å². The van der Waals surface area contributed by atoms with E-state index in [4.69, 9.17) is 0 Å². The third kappa shape index (κ3) is 4.41. The van der Waals surface area contributed by atoms with Crippen LogP contribution in [0.5, 0.6) is 0 Å². The van der Waals surface area contributed by atoms with Crippen LogP contribution < -0.4 is 10.6 Å². The van der Waals surface area contributed by atoms with Crippen molar-refractivity contribution in [2.75, 3.05) is 26.2 Å². The first-order valence-electron chi connectivity index (χ1n) is 9.31. The zero-order chi connectivity index (χ0) is 18.5. The Bertz CT molecular complexity index is 782. The van der Waals surface area contributed by atoms with Crippen LogP contribution in [-0.4, -0.2) is 48.9 Å². The van der Waals surface area contributed by atoms with Crippen LogP contribution in [0.3, 0.4) is 0 Å². The second-order valence-corrected chi connectivity index (χ2v) is 7.22. The zero-order valence-corrected chi connectivity index (χ0v) is 15.5. The summed E-state index contributed by atoms with van der Waals surface area (Å²) in [5.74, 6) is -0.0335. The molecule has 0 aromatic heterocycles. The number of amides is 2. The van der Waals surface area contributed by atoms with Gasteiger partial charge < -0.3 is 15.5 Å². The highest BCUT2D eigenvalue weighted by molar-refractivity contribution is 5.89. The molecule has 1 saturated heterocycles. The maximum absolute atomic E-state index is 12.8. The smallest absolute Gasteiger partial charge is 0.245 e. The minimum Gasteiger partial charge on any atom is -0.344 e. The molecule has 0 spiro atoms. The van der Waals surface area contributed by atoms with E-state index in [2.05, 4.69) is 16.7 Å². The molecule has 1 fully saturated rings. The van der Waals surface area contributed by atoms with Crippen molar-refractivity contribution >= 4 is 22.6 Å². The molecule has 1 heterocycles. The summed E-state index contributed by atoms with van der Waals surface area (Å²) in [6.07, 6.45) is 0.281. The first-order chi connectivity index (χ1) is 12.5. The number of hydrogen-bond donors (Lipinski definition) is 2. The molecule has 0 aliphatic carbocycles. The van der Waals surface area contributed by atoms with Crippen molar-refractivity contribution in [3.05, 3.63) is 48.0 Å². The van der Waals surface area contributed by atoms with Gasteiger partial charge in [-0.05, 0) is 22.3 Å². The lowest BCUT2D eigenvalue weighted by Gasteiger charge is -2.32. The molecule has 0 saturated carbocycles. The maximum Gasteiger partial charge on any atom is 0.245 e. The highest BCUT2D eigenvalue weighted by Crippen LogP contribution is 2.16. The van der Waals surface area contributed by atoms with Gasteiger partial charge in [0.2, 0.25) is 11.8 Å². The molecule has 0 bridgehead atoms. The molecule has 2 aromatic rings. The van der Waals surface area contributed by atoms with Crippen molar-refractivity contribution in [2.45, 2.75) is 26.3 Å². The summed E-state index contributed by atoms with van der Waals surface area (Å²) in [6, 6.07) is 13.7. The molecular weight excluding hydrogens is 326 g/mol. The number of fused-ring (bicyclic) bond motifs is 1. The van der Waals surface area contributed by atoms with Crippen molar-refractivity contribution in [1.82, 2.24) is 15.5 Å². The van der Waals surface area contributed by atoms with E-state index in [-0.39, 0.29) is 24.2 Å². The second-order valence-electron chi connectivity index (χ2n) is 7.22. The summed E-state index contributed by atoms with van der Waals surface area (Å²) < 4.78 is 0. The quantitative estimate of drug-likeness (QED) is 0.864. The number of carbonyl (C=O) groups excluding carboxylic acids is 2. The first kappa shape index (κ1) is 18.4. The molecule has 138 valence electrons.